The Morgan fingerprint density at radius 3 is 1.94 bits per heavy atom. The summed E-state index contributed by atoms with van der Waals surface area (Å²) in [6.45, 7) is 9.43. The number of esters is 1. The van der Waals surface area contributed by atoms with E-state index in [9.17, 15) is 4.79 Å². The van der Waals surface area contributed by atoms with Crippen LogP contribution < -0.4 is 0 Å². The highest BCUT2D eigenvalue weighted by Gasteiger charge is 2.11. The smallest absolute Gasteiger partial charge is 0.333 e. The van der Waals surface area contributed by atoms with Crippen LogP contribution in [0.4, 0.5) is 0 Å². The van der Waals surface area contributed by atoms with Crippen molar-refractivity contribution in [2.75, 3.05) is 0 Å². The molecule has 17 heavy (non-hydrogen) atoms. The quantitative estimate of drug-likeness (QED) is 0.359. The minimum atomic E-state index is -0.301. The van der Waals surface area contributed by atoms with E-state index >= 15 is 0 Å². The number of carbonyl (C=O) groups is 1. The fraction of sp³-hybridized carbons (Fsp3) is 0.533. The van der Waals surface area contributed by atoms with Gasteiger partial charge >= 0.3 is 5.97 Å². The number of allylic oxidation sites excluding steroid dienone is 2. The van der Waals surface area contributed by atoms with Gasteiger partial charge in [-0.15, -0.1) is 0 Å². The van der Waals surface area contributed by atoms with Crippen LogP contribution in [0.1, 0.15) is 46.5 Å². The number of hydrogen-bond donors (Lipinski definition) is 0. The minimum Gasteiger partial charge on any atom is -0.458 e. The third-order valence-electron chi connectivity index (χ3n) is 2.22. The normalized spacial score (nSPS) is 13.1. The van der Waals surface area contributed by atoms with Crippen molar-refractivity contribution in [3.05, 3.63) is 36.5 Å². The molecule has 0 saturated heterocycles. The molecule has 2 heteroatoms. The Morgan fingerprint density at radius 2 is 1.59 bits per heavy atom. The van der Waals surface area contributed by atoms with Crippen molar-refractivity contribution in [3.63, 3.8) is 0 Å². The molecule has 0 amide bonds. The number of carbonyl (C=O) groups excluding carboxylic acids is 1. The van der Waals surface area contributed by atoms with E-state index in [4.69, 9.17) is 4.74 Å². The minimum absolute atomic E-state index is 0.0789. The second-order valence-electron chi connectivity index (χ2n) is 4.04. The van der Waals surface area contributed by atoms with Crippen LogP contribution in [0.15, 0.2) is 36.5 Å². The molecule has 96 valence electrons. The van der Waals surface area contributed by atoms with Gasteiger partial charge in [0.2, 0.25) is 0 Å². The molecular formula is C15H24O2. The van der Waals surface area contributed by atoms with Crippen molar-refractivity contribution in [3.8, 4) is 0 Å². The van der Waals surface area contributed by atoms with Crippen LogP contribution in [0.3, 0.4) is 0 Å². The number of hydrogen-bond acceptors (Lipinski definition) is 2. The lowest BCUT2D eigenvalue weighted by Gasteiger charge is -2.14. The molecule has 0 rings (SSSR count). The fourth-order valence-corrected chi connectivity index (χ4v) is 1.27. The molecule has 0 radical (unpaired) electrons. The van der Waals surface area contributed by atoms with E-state index in [1.54, 1.807) is 6.92 Å². The second kappa shape index (κ2) is 9.88. The van der Waals surface area contributed by atoms with Gasteiger partial charge in [0.15, 0.2) is 0 Å². The van der Waals surface area contributed by atoms with Crippen molar-refractivity contribution in [1.82, 2.24) is 0 Å². The van der Waals surface area contributed by atoms with Gasteiger partial charge in [0.1, 0.15) is 6.10 Å². The van der Waals surface area contributed by atoms with Gasteiger partial charge in [-0.05, 0) is 19.8 Å². The Morgan fingerprint density at radius 1 is 1.12 bits per heavy atom. The van der Waals surface area contributed by atoms with Crippen molar-refractivity contribution < 1.29 is 9.53 Å². The first-order valence-electron chi connectivity index (χ1n) is 6.28. The molecule has 0 fully saturated rings. The molecule has 2 nitrogen and oxygen atoms in total. The summed E-state index contributed by atoms with van der Waals surface area (Å²) in [6.07, 6.45) is 11.8. The van der Waals surface area contributed by atoms with Gasteiger partial charge in [-0.1, -0.05) is 44.7 Å². The zero-order chi connectivity index (χ0) is 13.1. The highest BCUT2D eigenvalue weighted by atomic mass is 16.5. The Bertz CT molecular complexity index is 271. The maximum absolute atomic E-state index is 11.4. The van der Waals surface area contributed by atoms with Crippen LogP contribution in [0.2, 0.25) is 0 Å². The molecule has 0 aromatic heterocycles. The third kappa shape index (κ3) is 8.49. The summed E-state index contributed by atoms with van der Waals surface area (Å²) in [5.41, 5.74) is 0.453. The molecule has 0 saturated carbocycles. The molecule has 0 aliphatic carbocycles. The summed E-state index contributed by atoms with van der Waals surface area (Å²) in [5, 5.41) is 0. The van der Waals surface area contributed by atoms with Gasteiger partial charge in [0.05, 0.1) is 0 Å². The summed E-state index contributed by atoms with van der Waals surface area (Å²) in [7, 11) is 0. The SMILES string of the molecule is C=C(C)C(=O)OC(CC=CCC)CC=CCC. The van der Waals surface area contributed by atoms with E-state index in [0.717, 1.165) is 25.7 Å². The van der Waals surface area contributed by atoms with E-state index in [0.29, 0.717) is 5.57 Å². The zero-order valence-corrected chi connectivity index (χ0v) is 11.2. The summed E-state index contributed by atoms with van der Waals surface area (Å²) >= 11 is 0. The molecule has 0 aliphatic heterocycles. The number of rotatable bonds is 8. The van der Waals surface area contributed by atoms with Crippen LogP contribution in [-0.2, 0) is 9.53 Å². The average Bonchev–Trinajstić information content (AvgIpc) is 2.29. The second-order valence-corrected chi connectivity index (χ2v) is 4.04. The van der Waals surface area contributed by atoms with Gasteiger partial charge in [0.25, 0.3) is 0 Å². The van der Waals surface area contributed by atoms with Crippen LogP contribution >= 0.6 is 0 Å². The van der Waals surface area contributed by atoms with E-state index in [1.807, 2.05) is 0 Å². The first-order valence-corrected chi connectivity index (χ1v) is 6.28. The molecule has 0 N–H and O–H groups in total. The van der Waals surface area contributed by atoms with E-state index in [1.165, 1.54) is 0 Å². The lowest BCUT2D eigenvalue weighted by atomic mass is 10.1. The lowest BCUT2D eigenvalue weighted by Crippen LogP contribution is -2.17. The summed E-state index contributed by atoms with van der Waals surface area (Å²) in [4.78, 5) is 11.4. The Hall–Kier alpha value is -1.31. The first-order chi connectivity index (χ1) is 8.11. The third-order valence-corrected chi connectivity index (χ3v) is 2.22. The molecule has 0 bridgehead atoms. The molecule has 0 unspecified atom stereocenters. The molecule has 0 heterocycles. The van der Waals surface area contributed by atoms with Crippen LogP contribution in [0.5, 0.6) is 0 Å². The summed E-state index contributed by atoms with van der Waals surface area (Å²) in [5.74, 6) is -0.301. The van der Waals surface area contributed by atoms with Crippen LogP contribution in [0, 0.1) is 0 Å². The van der Waals surface area contributed by atoms with Gasteiger partial charge in [0, 0.05) is 18.4 Å². The van der Waals surface area contributed by atoms with E-state index in [2.05, 4.69) is 44.7 Å². The first kappa shape index (κ1) is 15.7. The summed E-state index contributed by atoms with van der Waals surface area (Å²) in [6, 6.07) is 0. The lowest BCUT2D eigenvalue weighted by molar-refractivity contribution is -0.143. The van der Waals surface area contributed by atoms with E-state index < -0.39 is 0 Å². The van der Waals surface area contributed by atoms with E-state index in [-0.39, 0.29) is 12.1 Å². The Balaban J connectivity index is 4.28. The Kier molecular flexibility index (Phi) is 9.12. The molecular weight excluding hydrogens is 212 g/mol. The van der Waals surface area contributed by atoms with Gasteiger partial charge in [-0.25, -0.2) is 4.79 Å². The van der Waals surface area contributed by atoms with Crippen molar-refractivity contribution >= 4 is 5.97 Å². The molecule has 0 aliphatic rings. The molecule has 0 spiro atoms. The highest BCUT2D eigenvalue weighted by Crippen LogP contribution is 2.09. The summed E-state index contributed by atoms with van der Waals surface area (Å²) < 4.78 is 5.36. The monoisotopic (exact) mass is 236 g/mol. The Labute approximate surface area is 105 Å². The van der Waals surface area contributed by atoms with Gasteiger partial charge < -0.3 is 4.74 Å². The van der Waals surface area contributed by atoms with Crippen LogP contribution in [-0.4, -0.2) is 12.1 Å². The standard InChI is InChI=1S/C15H24O2/c1-5-7-9-11-14(12-10-8-6-2)17-15(16)13(3)4/h7-10,14H,3,5-6,11-12H2,1-2,4H3. The molecule has 0 aromatic carbocycles. The van der Waals surface area contributed by atoms with Crippen molar-refractivity contribution in [1.29, 1.82) is 0 Å². The topological polar surface area (TPSA) is 26.3 Å². The predicted octanol–water partition coefficient (Wildman–Crippen LogP) is 4.19. The largest absolute Gasteiger partial charge is 0.458 e. The predicted molar refractivity (Wildman–Crippen MR) is 72.8 cm³/mol. The highest BCUT2D eigenvalue weighted by molar-refractivity contribution is 5.87. The van der Waals surface area contributed by atoms with Crippen LogP contribution in [0.25, 0.3) is 0 Å². The zero-order valence-electron chi connectivity index (χ0n) is 11.2. The fourth-order valence-electron chi connectivity index (χ4n) is 1.27. The maximum atomic E-state index is 11.4. The van der Waals surface area contributed by atoms with Crippen molar-refractivity contribution in [2.45, 2.75) is 52.6 Å². The van der Waals surface area contributed by atoms with Gasteiger partial charge in [-0.2, -0.15) is 0 Å². The number of ether oxygens (including phenoxy) is 1. The van der Waals surface area contributed by atoms with Crippen molar-refractivity contribution in [2.24, 2.45) is 0 Å². The van der Waals surface area contributed by atoms with Gasteiger partial charge in [-0.3, -0.25) is 0 Å². The average molecular weight is 236 g/mol. The maximum Gasteiger partial charge on any atom is 0.333 e. The molecule has 0 aromatic rings. The molecule has 0 atom stereocenters.